The predicted octanol–water partition coefficient (Wildman–Crippen LogP) is 1.87. The molecule has 0 radical (unpaired) electrons. The Morgan fingerprint density at radius 1 is 1.04 bits per heavy atom. The second-order valence-electron chi connectivity index (χ2n) is 5.99. The molecule has 3 aromatic rings. The number of rotatable bonds is 4. The second-order valence-corrected chi connectivity index (χ2v) is 5.99. The summed E-state index contributed by atoms with van der Waals surface area (Å²) < 4.78 is 1.51. The van der Waals surface area contributed by atoms with Crippen molar-refractivity contribution in [1.29, 1.82) is 0 Å². The van der Waals surface area contributed by atoms with Crippen molar-refractivity contribution in [2.24, 2.45) is 0 Å². The quantitative estimate of drug-likeness (QED) is 0.524. The maximum atomic E-state index is 12.3. The Morgan fingerprint density at radius 3 is 2.39 bits per heavy atom. The molecular weight excluding hydrogens is 364 g/mol. The van der Waals surface area contributed by atoms with Gasteiger partial charge in [0.1, 0.15) is 0 Å². The monoisotopic (exact) mass is 380 g/mol. The van der Waals surface area contributed by atoms with Crippen LogP contribution in [0.15, 0.2) is 48.5 Å². The molecule has 3 rings (SSSR count). The van der Waals surface area contributed by atoms with Gasteiger partial charge in [0, 0.05) is 17.7 Å². The van der Waals surface area contributed by atoms with Gasteiger partial charge in [0.25, 0.3) is 17.5 Å². The lowest BCUT2D eigenvalue weighted by atomic mass is 10.2. The van der Waals surface area contributed by atoms with E-state index in [4.69, 9.17) is 0 Å². The fraction of sp³-hybridized carbons (Fsp3) is 0.111. The average Bonchev–Trinajstić information content (AvgIpc) is 3.08. The molecule has 0 spiro atoms. The minimum absolute atomic E-state index is 0.0366. The highest BCUT2D eigenvalue weighted by molar-refractivity contribution is 5.98. The van der Waals surface area contributed by atoms with Crippen molar-refractivity contribution in [3.8, 4) is 5.69 Å². The number of hydrazine groups is 1. The number of nitro benzene ring substituents is 1. The number of nitrogens with zero attached hydrogens (tertiary/aromatic N) is 4. The summed E-state index contributed by atoms with van der Waals surface area (Å²) in [5.41, 5.74) is 6.62. The number of carbonyl (C=O) groups is 2. The predicted molar refractivity (Wildman–Crippen MR) is 98.9 cm³/mol. The van der Waals surface area contributed by atoms with Gasteiger partial charge in [-0.05, 0) is 32.0 Å². The van der Waals surface area contributed by atoms with Crippen LogP contribution in [0.5, 0.6) is 0 Å². The molecule has 0 atom stereocenters. The van der Waals surface area contributed by atoms with E-state index in [-0.39, 0.29) is 16.9 Å². The number of hydrogen-bond donors (Lipinski definition) is 2. The van der Waals surface area contributed by atoms with Gasteiger partial charge in [-0.15, -0.1) is 5.10 Å². The van der Waals surface area contributed by atoms with Crippen molar-refractivity contribution in [3.63, 3.8) is 0 Å². The molecule has 0 aliphatic heterocycles. The van der Waals surface area contributed by atoms with Crippen LogP contribution in [0.1, 0.15) is 32.1 Å². The summed E-state index contributed by atoms with van der Waals surface area (Å²) in [4.78, 5) is 34.6. The van der Waals surface area contributed by atoms with Crippen LogP contribution in [0, 0.1) is 24.0 Å². The highest BCUT2D eigenvalue weighted by atomic mass is 16.6. The van der Waals surface area contributed by atoms with Gasteiger partial charge >= 0.3 is 0 Å². The van der Waals surface area contributed by atoms with E-state index < -0.39 is 16.7 Å². The molecule has 0 unspecified atom stereocenters. The Kier molecular flexibility index (Phi) is 5.12. The van der Waals surface area contributed by atoms with Crippen LogP contribution in [0.2, 0.25) is 0 Å². The van der Waals surface area contributed by atoms with Crippen molar-refractivity contribution >= 4 is 17.5 Å². The minimum Gasteiger partial charge on any atom is -0.267 e. The molecule has 28 heavy (non-hydrogen) atoms. The summed E-state index contributed by atoms with van der Waals surface area (Å²) in [7, 11) is 0. The van der Waals surface area contributed by atoms with Crippen molar-refractivity contribution in [2.75, 3.05) is 0 Å². The first-order valence-electron chi connectivity index (χ1n) is 8.21. The summed E-state index contributed by atoms with van der Waals surface area (Å²) in [6, 6.07) is 12.7. The first kappa shape index (κ1) is 18.7. The summed E-state index contributed by atoms with van der Waals surface area (Å²) in [5.74, 6) is -1.35. The number of non-ortho nitro benzene ring substituents is 1. The molecule has 1 heterocycles. The van der Waals surface area contributed by atoms with Crippen LogP contribution in [-0.4, -0.2) is 31.7 Å². The van der Waals surface area contributed by atoms with E-state index in [1.165, 1.54) is 22.9 Å². The molecule has 0 aliphatic carbocycles. The third-order valence-electron chi connectivity index (χ3n) is 4.00. The number of nitrogens with one attached hydrogen (secondary N) is 2. The Labute approximate surface area is 159 Å². The van der Waals surface area contributed by atoms with Gasteiger partial charge in [0.05, 0.1) is 16.3 Å². The fourth-order valence-electron chi connectivity index (χ4n) is 2.48. The SMILES string of the molecule is Cc1ccc(-n2nnc(C(=O)NNC(=O)c3cccc([N+](=O)[O-])c3)c2C)cc1. The summed E-state index contributed by atoms with van der Waals surface area (Å²) in [5, 5.41) is 18.6. The maximum Gasteiger partial charge on any atom is 0.292 e. The van der Waals surface area contributed by atoms with E-state index in [0.29, 0.717) is 5.69 Å². The molecule has 10 heteroatoms. The highest BCUT2D eigenvalue weighted by Gasteiger charge is 2.18. The van der Waals surface area contributed by atoms with E-state index in [9.17, 15) is 19.7 Å². The first-order valence-corrected chi connectivity index (χ1v) is 8.21. The zero-order chi connectivity index (χ0) is 20.3. The van der Waals surface area contributed by atoms with Crippen molar-refractivity contribution < 1.29 is 14.5 Å². The molecular formula is C18H16N6O4. The van der Waals surface area contributed by atoms with Crippen LogP contribution in [0.25, 0.3) is 5.69 Å². The first-order chi connectivity index (χ1) is 13.4. The summed E-state index contributed by atoms with van der Waals surface area (Å²) >= 11 is 0. The van der Waals surface area contributed by atoms with Gasteiger partial charge in [-0.3, -0.25) is 30.6 Å². The van der Waals surface area contributed by atoms with Crippen LogP contribution < -0.4 is 10.9 Å². The standard InChI is InChI=1S/C18H16N6O4/c1-11-6-8-14(9-7-11)23-12(2)16(19-22-23)18(26)21-20-17(25)13-4-3-5-15(10-13)24(27)28/h3-10H,1-2H3,(H,20,25)(H,21,26). The lowest BCUT2D eigenvalue weighted by Gasteiger charge is -2.07. The van der Waals surface area contributed by atoms with E-state index in [2.05, 4.69) is 21.2 Å². The second kappa shape index (κ2) is 7.66. The largest absolute Gasteiger partial charge is 0.292 e. The Balaban J connectivity index is 1.70. The topological polar surface area (TPSA) is 132 Å². The Hall–Kier alpha value is -4.08. The highest BCUT2D eigenvalue weighted by Crippen LogP contribution is 2.14. The zero-order valence-electron chi connectivity index (χ0n) is 15.0. The van der Waals surface area contributed by atoms with Crippen molar-refractivity contribution in [1.82, 2.24) is 25.8 Å². The van der Waals surface area contributed by atoms with E-state index in [1.807, 2.05) is 31.2 Å². The Bertz CT molecular complexity index is 1060. The number of carbonyl (C=O) groups excluding carboxylic acids is 2. The summed E-state index contributed by atoms with van der Waals surface area (Å²) in [6.45, 7) is 3.64. The van der Waals surface area contributed by atoms with Crippen LogP contribution in [0.3, 0.4) is 0 Å². The molecule has 0 saturated heterocycles. The molecule has 0 fully saturated rings. The molecule has 1 aromatic heterocycles. The van der Waals surface area contributed by atoms with Gasteiger partial charge in [-0.2, -0.15) is 0 Å². The molecule has 0 aliphatic rings. The normalized spacial score (nSPS) is 10.4. The number of amides is 2. The number of nitro groups is 1. The summed E-state index contributed by atoms with van der Waals surface area (Å²) in [6.07, 6.45) is 0. The molecule has 142 valence electrons. The number of aryl methyl sites for hydroxylation is 1. The number of aromatic nitrogens is 3. The molecule has 0 bridgehead atoms. The third-order valence-corrected chi connectivity index (χ3v) is 4.00. The lowest BCUT2D eigenvalue weighted by molar-refractivity contribution is -0.384. The maximum absolute atomic E-state index is 12.3. The number of benzene rings is 2. The van der Waals surface area contributed by atoms with Crippen LogP contribution >= 0.6 is 0 Å². The van der Waals surface area contributed by atoms with E-state index >= 15 is 0 Å². The van der Waals surface area contributed by atoms with Gasteiger partial charge < -0.3 is 0 Å². The van der Waals surface area contributed by atoms with E-state index in [1.54, 1.807) is 6.92 Å². The van der Waals surface area contributed by atoms with Crippen LogP contribution in [-0.2, 0) is 0 Å². The van der Waals surface area contributed by atoms with Gasteiger partial charge in [-0.25, -0.2) is 4.68 Å². The van der Waals surface area contributed by atoms with Gasteiger partial charge in [0.15, 0.2) is 5.69 Å². The van der Waals surface area contributed by atoms with Crippen LogP contribution in [0.4, 0.5) is 5.69 Å². The van der Waals surface area contributed by atoms with Crippen molar-refractivity contribution in [3.05, 3.63) is 81.2 Å². The molecule has 2 aromatic carbocycles. The lowest BCUT2D eigenvalue weighted by Crippen LogP contribution is -2.42. The average molecular weight is 380 g/mol. The zero-order valence-corrected chi connectivity index (χ0v) is 15.0. The van der Waals surface area contributed by atoms with E-state index in [0.717, 1.165) is 17.3 Å². The molecule has 10 nitrogen and oxygen atoms in total. The minimum atomic E-state index is -0.694. The van der Waals surface area contributed by atoms with Gasteiger partial charge in [0.2, 0.25) is 0 Å². The smallest absolute Gasteiger partial charge is 0.267 e. The molecule has 0 saturated carbocycles. The van der Waals surface area contributed by atoms with Crippen molar-refractivity contribution in [2.45, 2.75) is 13.8 Å². The Morgan fingerprint density at radius 2 is 1.71 bits per heavy atom. The number of hydrogen-bond acceptors (Lipinski definition) is 6. The molecule has 2 N–H and O–H groups in total. The fourth-order valence-corrected chi connectivity index (χ4v) is 2.48. The third kappa shape index (κ3) is 3.85. The molecule has 2 amide bonds. The van der Waals surface area contributed by atoms with Gasteiger partial charge in [-0.1, -0.05) is 29.0 Å².